The van der Waals surface area contributed by atoms with E-state index in [4.69, 9.17) is 0 Å². The molecule has 0 aliphatic carbocycles. The Hall–Kier alpha value is -3.24. The van der Waals surface area contributed by atoms with E-state index in [1.165, 1.54) is 55.7 Å². The molecule has 4 aromatic carbocycles. The van der Waals surface area contributed by atoms with E-state index < -0.39 is 0 Å². The van der Waals surface area contributed by atoms with Gasteiger partial charge in [0.25, 0.3) is 0 Å². The molecule has 0 amide bonds. The predicted octanol–water partition coefficient (Wildman–Crippen LogP) is 9.51. The number of nitrogens with zero attached hydrogens (tertiary/aromatic N) is 3. The van der Waals surface area contributed by atoms with Crippen molar-refractivity contribution in [3.63, 3.8) is 0 Å². The second-order valence-corrected chi connectivity index (χ2v) is 11.8. The van der Waals surface area contributed by atoms with Crippen molar-refractivity contribution in [2.75, 3.05) is 9.80 Å². The normalized spacial score (nSPS) is 13.2. The van der Waals surface area contributed by atoms with Crippen molar-refractivity contribution in [2.45, 2.75) is 55.4 Å². The van der Waals surface area contributed by atoms with E-state index in [0.29, 0.717) is 0 Å². The zero-order chi connectivity index (χ0) is 27.9. The Labute approximate surface area is 255 Å². The number of para-hydroxylation sites is 3. The molecule has 5 aromatic rings. The number of hydrogen-bond acceptors (Lipinski definition) is 2. The summed E-state index contributed by atoms with van der Waals surface area (Å²) in [5.41, 5.74) is 12.7. The van der Waals surface area contributed by atoms with Crippen molar-refractivity contribution in [3.05, 3.63) is 125 Å². The Kier molecular flexibility index (Phi) is 8.70. The van der Waals surface area contributed by atoms with Crippen molar-refractivity contribution in [3.8, 4) is 0 Å². The van der Waals surface area contributed by atoms with Gasteiger partial charge in [-0.3, -0.25) is 0 Å². The van der Waals surface area contributed by atoms with Crippen molar-refractivity contribution in [1.29, 1.82) is 0 Å². The number of allylic oxidation sites excluding steroid dienone is 1. The third kappa shape index (κ3) is 5.78. The Bertz CT molecular complexity index is 1590. The zero-order valence-electron chi connectivity index (χ0n) is 24.8. The van der Waals surface area contributed by atoms with Gasteiger partial charge in [0.05, 0.1) is 0 Å². The van der Waals surface area contributed by atoms with Crippen molar-refractivity contribution >= 4 is 33.2 Å². The van der Waals surface area contributed by atoms with Crippen molar-refractivity contribution in [2.24, 2.45) is 5.41 Å². The molecule has 3 nitrogen and oxygen atoms in total. The van der Waals surface area contributed by atoms with Crippen LogP contribution in [0.5, 0.6) is 0 Å². The van der Waals surface area contributed by atoms with Gasteiger partial charge in [0, 0.05) is 44.9 Å². The fourth-order valence-electron chi connectivity index (χ4n) is 5.76. The van der Waals surface area contributed by atoms with Crippen molar-refractivity contribution in [1.82, 2.24) is 4.98 Å². The largest absolute Gasteiger partial charge is 0.657 e. The summed E-state index contributed by atoms with van der Waals surface area (Å²) in [6, 6.07) is 27.5. The Balaban J connectivity index is 0.000000220. The molecule has 1 aromatic heterocycles. The minimum absolute atomic E-state index is 0. The number of hydrogen-bond donors (Lipinski definition) is 0. The smallest absolute Gasteiger partial charge is 0.0186 e. The monoisotopic (exact) mass is 710 g/mol. The quantitative estimate of drug-likeness (QED) is 0.135. The molecule has 1 aliphatic heterocycles. The maximum Gasteiger partial charge on any atom is 0.0186 e. The maximum absolute atomic E-state index is 4.52. The second kappa shape index (κ2) is 11.7. The number of benzene rings is 4. The van der Waals surface area contributed by atoms with E-state index in [2.05, 4.69) is 150 Å². The molecule has 0 bridgehead atoms. The minimum Gasteiger partial charge on any atom is -0.657 e. The molecule has 0 atom stereocenters. The summed E-state index contributed by atoms with van der Waals surface area (Å²) in [7, 11) is 0. The summed E-state index contributed by atoms with van der Waals surface area (Å²) >= 11 is 0. The first-order valence-corrected chi connectivity index (χ1v) is 13.7. The van der Waals surface area contributed by atoms with Crippen LogP contribution in [0.3, 0.4) is 0 Å². The van der Waals surface area contributed by atoms with Gasteiger partial charge in [-0.25, -0.2) is 0 Å². The third-order valence-electron chi connectivity index (χ3n) is 7.44. The predicted molar refractivity (Wildman–Crippen MR) is 168 cm³/mol. The first kappa shape index (κ1) is 29.7. The molecule has 1 aliphatic rings. The molecule has 0 saturated heterocycles. The summed E-state index contributed by atoms with van der Waals surface area (Å²) in [5.74, 6) is 0. The van der Waals surface area contributed by atoms with E-state index in [0.717, 1.165) is 11.0 Å². The molecule has 0 spiro atoms. The number of fused-ring (bicyclic) bond motifs is 3. The molecule has 0 saturated carbocycles. The third-order valence-corrected chi connectivity index (χ3v) is 7.44. The number of aromatic nitrogens is 1. The van der Waals surface area contributed by atoms with E-state index in [1.54, 1.807) is 0 Å². The molecular formula is C36H39AuN3-2. The van der Waals surface area contributed by atoms with Crippen LogP contribution in [0.2, 0.25) is 0 Å². The van der Waals surface area contributed by atoms with Crippen LogP contribution in [0.15, 0.2) is 90.8 Å². The molecule has 40 heavy (non-hydrogen) atoms. The topological polar surface area (TPSA) is 20.6 Å². The van der Waals surface area contributed by atoms with Crippen LogP contribution >= 0.6 is 0 Å². The van der Waals surface area contributed by atoms with E-state index in [9.17, 15) is 0 Å². The number of aryl methyl sites for hydroxylation is 5. The van der Waals surface area contributed by atoms with Gasteiger partial charge in [-0.15, -0.1) is 17.7 Å². The standard InChI is InChI=1S/C24H31N2.C12H8N.Au/c1-16-12-19(4)22(20(5)13-16)25-14-21(24(6,7)8)26(15-25)23-17(2)10-9-11-18(23)3;1-3-7-11-9(5-1)10-6-2-4-8-12(10)13-11;/h9-15H,1-8H3;1-8H;/q2*-1;. The second-order valence-electron chi connectivity index (χ2n) is 11.8. The van der Waals surface area contributed by atoms with E-state index >= 15 is 0 Å². The van der Waals surface area contributed by atoms with Gasteiger partial charge in [0.1, 0.15) is 0 Å². The number of rotatable bonds is 2. The Morgan fingerprint density at radius 2 is 1.12 bits per heavy atom. The average Bonchev–Trinajstić information content (AvgIpc) is 3.46. The SMILES string of the molecule is Cc1cc(C)c(N2C=C(C(C)(C)C)N(c3c(C)cccc3C)[CH-]2)c(C)c1.[Au].c1ccc2c(c1)[n-]c1ccccc12. The van der Waals surface area contributed by atoms with Gasteiger partial charge in [-0.2, -0.15) is 0 Å². The van der Waals surface area contributed by atoms with Crippen LogP contribution < -0.4 is 14.8 Å². The maximum atomic E-state index is 4.52. The molecule has 6 rings (SSSR count). The van der Waals surface area contributed by atoms with Gasteiger partial charge in [-0.1, -0.05) is 105 Å². The fraction of sp³-hybridized carbons (Fsp3) is 0.250. The van der Waals surface area contributed by atoms with Crippen molar-refractivity contribution < 1.29 is 22.4 Å². The van der Waals surface area contributed by atoms with Crippen LogP contribution in [0.25, 0.3) is 21.8 Å². The summed E-state index contributed by atoms with van der Waals surface area (Å²) in [6.45, 7) is 20.1. The fourth-order valence-corrected chi connectivity index (χ4v) is 5.76. The molecule has 2 heterocycles. The van der Waals surface area contributed by atoms with Gasteiger partial charge in [0.2, 0.25) is 0 Å². The minimum atomic E-state index is 0. The van der Waals surface area contributed by atoms with E-state index in [-0.39, 0.29) is 27.8 Å². The molecule has 4 heteroatoms. The first-order chi connectivity index (χ1) is 18.5. The summed E-state index contributed by atoms with van der Waals surface area (Å²) in [4.78, 5) is 9.20. The average molecular weight is 711 g/mol. The van der Waals surface area contributed by atoms with Gasteiger partial charge in [0.15, 0.2) is 0 Å². The summed E-state index contributed by atoms with van der Waals surface area (Å²) in [5, 5.41) is 2.50. The first-order valence-electron chi connectivity index (χ1n) is 13.7. The van der Waals surface area contributed by atoms with Crippen LogP contribution in [-0.2, 0) is 22.4 Å². The molecule has 0 N–H and O–H groups in total. The van der Waals surface area contributed by atoms with Gasteiger partial charge in [-0.05, 0) is 73.8 Å². The number of anilines is 2. The Morgan fingerprint density at radius 3 is 1.62 bits per heavy atom. The summed E-state index contributed by atoms with van der Waals surface area (Å²) in [6.07, 6.45) is 2.30. The molecular weight excluding hydrogens is 671 g/mol. The Morgan fingerprint density at radius 1 is 0.625 bits per heavy atom. The van der Waals surface area contributed by atoms with E-state index in [1.807, 2.05) is 12.1 Å². The summed E-state index contributed by atoms with van der Waals surface area (Å²) < 4.78 is 0. The molecule has 211 valence electrons. The van der Waals surface area contributed by atoms with Crippen LogP contribution in [0.4, 0.5) is 11.4 Å². The van der Waals surface area contributed by atoms with Crippen LogP contribution in [0, 0.1) is 46.7 Å². The van der Waals surface area contributed by atoms with Gasteiger partial charge >= 0.3 is 0 Å². The molecule has 0 unspecified atom stereocenters. The molecule has 1 radical (unpaired) electrons. The molecule has 0 fully saturated rings. The van der Waals surface area contributed by atoms with Gasteiger partial charge < -0.3 is 14.8 Å². The zero-order valence-corrected chi connectivity index (χ0v) is 27.0. The van der Waals surface area contributed by atoms with Crippen LogP contribution in [-0.4, -0.2) is 0 Å². The van der Waals surface area contributed by atoms with Crippen LogP contribution in [0.1, 0.15) is 48.6 Å².